The SMILES string of the molecule is Nc1c(NNC(=O)c2ccncc2)ncnc1Nc1ccc(Oc2ccccc2)cc1. The maximum absolute atomic E-state index is 12.2. The smallest absolute Gasteiger partial charge is 0.269 e. The zero-order valence-corrected chi connectivity index (χ0v) is 16.3. The van der Waals surface area contributed by atoms with Crippen LogP contribution in [0.1, 0.15) is 10.4 Å². The van der Waals surface area contributed by atoms with Gasteiger partial charge in [-0.3, -0.25) is 20.6 Å². The van der Waals surface area contributed by atoms with Crippen LogP contribution in [-0.2, 0) is 0 Å². The van der Waals surface area contributed by atoms with Crippen LogP contribution in [0, 0.1) is 0 Å². The van der Waals surface area contributed by atoms with E-state index in [0.717, 1.165) is 11.4 Å². The number of carbonyl (C=O) groups is 1. The molecule has 2 heterocycles. The van der Waals surface area contributed by atoms with E-state index < -0.39 is 0 Å². The summed E-state index contributed by atoms with van der Waals surface area (Å²) < 4.78 is 5.79. The summed E-state index contributed by atoms with van der Waals surface area (Å²) in [6.07, 6.45) is 4.41. The summed E-state index contributed by atoms with van der Waals surface area (Å²) in [6.45, 7) is 0. The van der Waals surface area contributed by atoms with Gasteiger partial charge in [-0.15, -0.1) is 0 Å². The van der Waals surface area contributed by atoms with Gasteiger partial charge in [-0.25, -0.2) is 9.97 Å². The molecule has 0 aliphatic rings. The van der Waals surface area contributed by atoms with Gasteiger partial charge in [0.15, 0.2) is 11.6 Å². The van der Waals surface area contributed by atoms with Gasteiger partial charge in [-0.05, 0) is 48.5 Å². The molecule has 2 aromatic carbocycles. The fraction of sp³-hybridized carbons (Fsp3) is 0. The average molecular weight is 413 g/mol. The van der Waals surface area contributed by atoms with Gasteiger partial charge < -0.3 is 15.8 Å². The number of para-hydroxylation sites is 1. The second-order valence-electron chi connectivity index (χ2n) is 6.36. The zero-order valence-electron chi connectivity index (χ0n) is 16.3. The number of anilines is 4. The second-order valence-corrected chi connectivity index (χ2v) is 6.36. The van der Waals surface area contributed by atoms with Crippen molar-refractivity contribution in [3.63, 3.8) is 0 Å². The highest BCUT2D eigenvalue weighted by molar-refractivity contribution is 5.95. The largest absolute Gasteiger partial charge is 0.457 e. The molecule has 0 saturated carbocycles. The first kappa shape index (κ1) is 19.6. The molecule has 0 atom stereocenters. The van der Waals surface area contributed by atoms with Crippen molar-refractivity contribution in [1.82, 2.24) is 20.4 Å². The molecule has 0 unspecified atom stereocenters. The van der Waals surface area contributed by atoms with Crippen LogP contribution >= 0.6 is 0 Å². The normalized spacial score (nSPS) is 10.2. The van der Waals surface area contributed by atoms with E-state index in [2.05, 4.69) is 31.1 Å². The molecular formula is C22H19N7O2. The van der Waals surface area contributed by atoms with Crippen LogP contribution in [0.3, 0.4) is 0 Å². The Kier molecular flexibility index (Phi) is 5.85. The predicted octanol–water partition coefficient (Wildman–Crippen LogP) is 3.75. The minimum Gasteiger partial charge on any atom is -0.457 e. The molecule has 0 radical (unpaired) electrons. The number of hydrogen-bond donors (Lipinski definition) is 4. The zero-order chi connectivity index (χ0) is 21.5. The molecule has 0 bridgehead atoms. The topological polar surface area (TPSA) is 127 Å². The van der Waals surface area contributed by atoms with Gasteiger partial charge in [0.05, 0.1) is 0 Å². The molecule has 0 aliphatic heterocycles. The van der Waals surface area contributed by atoms with E-state index >= 15 is 0 Å². The molecule has 5 N–H and O–H groups in total. The molecule has 2 aromatic heterocycles. The Bertz CT molecular complexity index is 1150. The van der Waals surface area contributed by atoms with Crippen LogP contribution in [0.25, 0.3) is 0 Å². The van der Waals surface area contributed by atoms with Crippen LogP contribution < -0.4 is 26.6 Å². The number of hydrogen-bond acceptors (Lipinski definition) is 8. The summed E-state index contributed by atoms with van der Waals surface area (Å²) in [6, 6.07) is 20.1. The number of amides is 1. The van der Waals surface area contributed by atoms with E-state index in [9.17, 15) is 4.79 Å². The van der Waals surface area contributed by atoms with Crippen LogP contribution in [0.4, 0.5) is 23.0 Å². The Morgan fingerprint density at radius 1 is 0.839 bits per heavy atom. The molecule has 9 nitrogen and oxygen atoms in total. The number of carbonyl (C=O) groups excluding carboxylic acids is 1. The number of hydrazine groups is 1. The van der Waals surface area contributed by atoms with Gasteiger partial charge in [-0.1, -0.05) is 18.2 Å². The van der Waals surface area contributed by atoms with Crippen LogP contribution in [0.2, 0.25) is 0 Å². The third-order valence-corrected chi connectivity index (χ3v) is 4.22. The van der Waals surface area contributed by atoms with Gasteiger partial charge in [0.1, 0.15) is 23.5 Å². The third kappa shape index (κ3) is 5.04. The summed E-state index contributed by atoms with van der Waals surface area (Å²) in [4.78, 5) is 24.3. The van der Waals surface area contributed by atoms with Gasteiger partial charge >= 0.3 is 0 Å². The Morgan fingerprint density at radius 3 is 2.26 bits per heavy atom. The number of rotatable bonds is 7. The minimum absolute atomic E-state index is 0.252. The number of ether oxygens (including phenoxy) is 1. The Labute approximate surface area is 178 Å². The fourth-order valence-electron chi connectivity index (χ4n) is 2.65. The van der Waals surface area contributed by atoms with Crippen molar-refractivity contribution < 1.29 is 9.53 Å². The number of benzene rings is 2. The summed E-state index contributed by atoms with van der Waals surface area (Å²) in [7, 11) is 0. The van der Waals surface area contributed by atoms with Crippen molar-refractivity contribution in [3.8, 4) is 11.5 Å². The monoisotopic (exact) mass is 413 g/mol. The average Bonchev–Trinajstić information content (AvgIpc) is 2.82. The van der Waals surface area contributed by atoms with E-state index in [4.69, 9.17) is 10.5 Å². The summed E-state index contributed by atoms with van der Waals surface area (Å²) >= 11 is 0. The first-order valence-electron chi connectivity index (χ1n) is 9.36. The molecule has 4 rings (SSSR count). The molecular weight excluding hydrogens is 394 g/mol. The highest BCUT2D eigenvalue weighted by Gasteiger charge is 2.10. The van der Waals surface area contributed by atoms with Crippen molar-refractivity contribution >= 4 is 28.9 Å². The fourth-order valence-corrected chi connectivity index (χ4v) is 2.65. The summed E-state index contributed by atoms with van der Waals surface area (Å²) in [5.74, 6) is 1.78. The molecule has 0 fully saturated rings. The third-order valence-electron chi connectivity index (χ3n) is 4.22. The van der Waals surface area contributed by atoms with E-state index in [1.54, 1.807) is 12.1 Å². The van der Waals surface area contributed by atoms with Crippen molar-refractivity contribution in [2.24, 2.45) is 0 Å². The second kappa shape index (κ2) is 9.23. The molecule has 31 heavy (non-hydrogen) atoms. The van der Waals surface area contributed by atoms with Gasteiger partial charge in [0.2, 0.25) is 0 Å². The number of aromatic nitrogens is 3. The molecule has 0 spiro atoms. The molecule has 4 aromatic rings. The highest BCUT2D eigenvalue weighted by Crippen LogP contribution is 2.27. The Hall–Kier alpha value is -4.66. The molecule has 1 amide bonds. The summed E-state index contributed by atoms with van der Waals surface area (Å²) in [5, 5.41) is 3.13. The van der Waals surface area contributed by atoms with E-state index in [0.29, 0.717) is 17.1 Å². The van der Waals surface area contributed by atoms with Crippen LogP contribution in [0.5, 0.6) is 11.5 Å². The first-order valence-corrected chi connectivity index (χ1v) is 9.36. The van der Waals surface area contributed by atoms with Crippen LogP contribution in [-0.4, -0.2) is 20.9 Å². The van der Waals surface area contributed by atoms with Gasteiger partial charge in [0.25, 0.3) is 5.91 Å². The summed E-state index contributed by atoms with van der Waals surface area (Å²) in [5.41, 5.74) is 12.9. The number of nitrogens with zero attached hydrogens (tertiary/aromatic N) is 3. The lowest BCUT2D eigenvalue weighted by molar-refractivity contribution is 0.0962. The Morgan fingerprint density at radius 2 is 1.52 bits per heavy atom. The van der Waals surface area contributed by atoms with Crippen molar-refractivity contribution in [1.29, 1.82) is 0 Å². The van der Waals surface area contributed by atoms with Gasteiger partial charge in [0, 0.05) is 23.6 Å². The molecule has 0 saturated heterocycles. The minimum atomic E-state index is -0.344. The van der Waals surface area contributed by atoms with E-state index in [1.165, 1.54) is 18.7 Å². The van der Waals surface area contributed by atoms with Gasteiger partial charge in [-0.2, -0.15) is 0 Å². The predicted molar refractivity (Wildman–Crippen MR) is 118 cm³/mol. The number of nitrogens with one attached hydrogen (secondary N) is 3. The van der Waals surface area contributed by atoms with Crippen molar-refractivity contribution in [3.05, 3.63) is 91.0 Å². The maximum Gasteiger partial charge on any atom is 0.269 e. The highest BCUT2D eigenvalue weighted by atomic mass is 16.5. The van der Waals surface area contributed by atoms with E-state index in [1.807, 2.05) is 54.6 Å². The lowest BCUT2D eigenvalue weighted by atomic mass is 10.2. The Balaban J connectivity index is 1.40. The standard InChI is InChI=1S/C22H19N7O2/c23-19-20(25-14-26-21(19)28-29-22(30)15-10-12-24-13-11-15)27-16-6-8-18(9-7-16)31-17-4-2-1-3-5-17/h1-14H,23H2,(H,29,30)(H2,25,26,27,28). The lowest BCUT2D eigenvalue weighted by Gasteiger charge is -2.13. The number of nitrogens with two attached hydrogens (primary N) is 1. The lowest BCUT2D eigenvalue weighted by Crippen LogP contribution is -2.30. The molecule has 0 aliphatic carbocycles. The van der Waals surface area contributed by atoms with Crippen molar-refractivity contribution in [2.75, 3.05) is 16.5 Å². The number of nitrogen functional groups attached to an aromatic ring is 1. The van der Waals surface area contributed by atoms with Crippen molar-refractivity contribution in [2.45, 2.75) is 0 Å². The molecule has 9 heteroatoms. The first-order chi connectivity index (χ1) is 15.2. The quantitative estimate of drug-likeness (QED) is 0.337. The maximum atomic E-state index is 12.2. The van der Waals surface area contributed by atoms with Crippen LogP contribution in [0.15, 0.2) is 85.5 Å². The van der Waals surface area contributed by atoms with E-state index in [-0.39, 0.29) is 17.4 Å². The number of pyridine rings is 1. The molecule has 154 valence electrons.